The van der Waals surface area contributed by atoms with Crippen molar-refractivity contribution < 1.29 is 9.59 Å². The van der Waals surface area contributed by atoms with Crippen molar-refractivity contribution in [2.45, 2.75) is 0 Å². The third kappa shape index (κ3) is 5.71. The van der Waals surface area contributed by atoms with Crippen LogP contribution in [0.15, 0.2) is 66.7 Å². The van der Waals surface area contributed by atoms with Crippen LogP contribution in [0.1, 0.15) is 11.1 Å². The van der Waals surface area contributed by atoms with Gasteiger partial charge < -0.3 is 20.4 Å². The van der Waals surface area contributed by atoms with Crippen molar-refractivity contribution in [3.63, 3.8) is 0 Å². The summed E-state index contributed by atoms with van der Waals surface area (Å²) < 4.78 is 0. The fourth-order valence-corrected chi connectivity index (χ4v) is 4.95. The Labute approximate surface area is 232 Å². The van der Waals surface area contributed by atoms with E-state index in [1.165, 1.54) is 0 Å². The first-order chi connectivity index (χ1) is 18.3. The van der Waals surface area contributed by atoms with Gasteiger partial charge in [-0.05, 0) is 61.1 Å². The van der Waals surface area contributed by atoms with Crippen LogP contribution in [0, 0.1) is 0 Å². The molecule has 0 atom stereocenters. The molecule has 0 saturated carbocycles. The van der Waals surface area contributed by atoms with Crippen LogP contribution in [-0.2, 0) is 9.59 Å². The Morgan fingerprint density at radius 2 is 1.61 bits per heavy atom. The standard InChI is InChI=1S/C29H29Cl2N5O2/c1-34-13-15-36(16-14-34)18-26(37)35(2)23-10-8-22(9-11-23)32-28(19-3-5-20(30)6-4-19)27-24-12-7-21(31)17-25(24)33-29(27)38/h3-12,17,32H,13-16,18H2,1-2H3,(H,33,38). The van der Waals surface area contributed by atoms with E-state index >= 15 is 0 Å². The van der Waals surface area contributed by atoms with E-state index in [2.05, 4.69) is 27.5 Å². The Bertz CT molecular complexity index is 1380. The highest BCUT2D eigenvalue weighted by Crippen LogP contribution is 2.39. The smallest absolute Gasteiger partial charge is 0.258 e. The van der Waals surface area contributed by atoms with E-state index in [4.69, 9.17) is 23.2 Å². The maximum atomic E-state index is 13.1. The Balaban J connectivity index is 1.39. The highest BCUT2D eigenvalue weighted by Gasteiger charge is 2.29. The second kappa shape index (κ2) is 11.2. The monoisotopic (exact) mass is 549 g/mol. The lowest BCUT2D eigenvalue weighted by molar-refractivity contribution is -0.119. The number of hydrogen-bond donors (Lipinski definition) is 2. The number of likely N-dealkylation sites (N-methyl/N-ethyl adjacent to an activating group) is 2. The van der Waals surface area contributed by atoms with Gasteiger partial charge in [-0.25, -0.2) is 0 Å². The van der Waals surface area contributed by atoms with Gasteiger partial charge in [0.25, 0.3) is 5.91 Å². The molecule has 0 aliphatic carbocycles. The van der Waals surface area contributed by atoms with Crippen molar-refractivity contribution in [3.05, 3.63) is 87.9 Å². The molecule has 3 aromatic carbocycles. The first-order valence-electron chi connectivity index (χ1n) is 12.4. The van der Waals surface area contributed by atoms with Gasteiger partial charge in [-0.2, -0.15) is 0 Å². The maximum Gasteiger partial charge on any atom is 0.258 e. The number of carbonyl (C=O) groups excluding carboxylic acids is 2. The molecule has 0 aromatic heterocycles. The number of piperazine rings is 1. The van der Waals surface area contributed by atoms with E-state index in [0.29, 0.717) is 33.5 Å². The molecule has 0 spiro atoms. The lowest BCUT2D eigenvalue weighted by Crippen LogP contribution is -2.48. The average Bonchev–Trinajstić information content (AvgIpc) is 3.23. The molecular weight excluding hydrogens is 521 g/mol. The third-order valence-corrected chi connectivity index (χ3v) is 7.45. The average molecular weight is 550 g/mol. The predicted molar refractivity (Wildman–Crippen MR) is 156 cm³/mol. The minimum atomic E-state index is -0.217. The van der Waals surface area contributed by atoms with Gasteiger partial charge in [0.1, 0.15) is 0 Å². The first-order valence-corrected chi connectivity index (χ1v) is 13.2. The predicted octanol–water partition coefficient (Wildman–Crippen LogP) is 5.14. The number of halogens is 2. The summed E-state index contributed by atoms with van der Waals surface area (Å²) in [7, 11) is 3.90. The number of nitrogens with zero attached hydrogens (tertiary/aromatic N) is 3. The van der Waals surface area contributed by atoms with Gasteiger partial charge in [-0.15, -0.1) is 0 Å². The summed E-state index contributed by atoms with van der Waals surface area (Å²) in [6.07, 6.45) is 0. The van der Waals surface area contributed by atoms with E-state index in [0.717, 1.165) is 48.7 Å². The van der Waals surface area contributed by atoms with Crippen LogP contribution in [0.3, 0.4) is 0 Å². The highest BCUT2D eigenvalue weighted by atomic mass is 35.5. The molecule has 196 valence electrons. The van der Waals surface area contributed by atoms with Gasteiger partial charge in [0, 0.05) is 60.2 Å². The van der Waals surface area contributed by atoms with Gasteiger partial charge in [-0.1, -0.05) is 41.4 Å². The minimum Gasteiger partial charge on any atom is -0.354 e. The molecule has 0 bridgehead atoms. The molecule has 5 rings (SSSR count). The lowest BCUT2D eigenvalue weighted by atomic mass is 10.00. The topological polar surface area (TPSA) is 67.9 Å². The summed E-state index contributed by atoms with van der Waals surface area (Å²) in [5.74, 6) is -0.164. The zero-order valence-corrected chi connectivity index (χ0v) is 22.8. The SMILES string of the molecule is CN1CCN(CC(=O)N(C)c2ccc(NC(=C3C(=O)Nc4cc(Cl)ccc43)c3ccc(Cl)cc3)cc2)CC1. The van der Waals surface area contributed by atoms with Crippen LogP contribution >= 0.6 is 23.2 Å². The molecule has 2 aliphatic rings. The molecule has 2 amide bonds. The Kier molecular flexibility index (Phi) is 7.72. The number of nitrogens with one attached hydrogen (secondary N) is 2. The van der Waals surface area contributed by atoms with Crippen LogP contribution in [0.2, 0.25) is 10.0 Å². The molecule has 3 aromatic rings. The Morgan fingerprint density at radius 1 is 0.947 bits per heavy atom. The number of amides is 2. The molecule has 38 heavy (non-hydrogen) atoms. The molecular formula is C29H29Cl2N5O2. The van der Waals surface area contributed by atoms with E-state index in [-0.39, 0.29) is 11.8 Å². The molecule has 0 radical (unpaired) electrons. The summed E-state index contributed by atoms with van der Waals surface area (Å²) in [5, 5.41) is 7.50. The van der Waals surface area contributed by atoms with Crippen molar-refractivity contribution in [3.8, 4) is 0 Å². The molecule has 1 fully saturated rings. The van der Waals surface area contributed by atoms with Crippen molar-refractivity contribution >= 4 is 63.3 Å². The normalized spacial score (nSPS) is 17.1. The van der Waals surface area contributed by atoms with Crippen LogP contribution in [0.5, 0.6) is 0 Å². The number of carbonyl (C=O) groups is 2. The summed E-state index contributed by atoms with van der Waals surface area (Å²) >= 11 is 12.3. The number of fused-ring (bicyclic) bond motifs is 1. The molecule has 1 saturated heterocycles. The van der Waals surface area contributed by atoms with Crippen molar-refractivity contribution in [1.82, 2.24) is 9.80 Å². The summed E-state index contributed by atoms with van der Waals surface area (Å²) in [6, 6.07) is 20.3. The molecule has 0 unspecified atom stereocenters. The number of rotatable bonds is 6. The molecule has 9 heteroatoms. The molecule has 2 aliphatic heterocycles. The molecule has 2 N–H and O–H groups in total. The van der Waals surface area contributed by atoms with E-state index in [9.17, 15) is 9.59 Å². The maximum absolute atomic E-state index is 13.1. The van der Waals surface area contributed by atoms with E-state index in [1.54, 1.807) is 36.2 Å². The van der Waals surface area contributed by atoms with Gasteiger partial charge in [-0.3, -0.25) is 14.5 Å². The van der Waals surface area contributed by atoms with Crippen molar-refractivity contribution in [2.24, 2.45) is 0 Å². The Morgan fingerprint density at radius 3 is 2.29 bits per heavy atom. The number of anilines is 3. The van der Waals surface area contributed by atoms with Crippen LogP contribution in [-0.4, -0.2) is 68.4 Å². The van der Waals surface area contributed by atoms with Crippen LogP contribution in [0.25, 0.3) is 11.3 Å². The highest BCUT2D eigenvalue weighted by molar-refractivity contribution is 6.38. The summed E-state index contributed by atoms with van der Waals surface area (Å²) in [6.45, 7) is 4.13. The molecule has 7 nitrogen and oxygen atoms in total. The lowest BCUT2D eigenvalue weighted by Gasteiger charge is -2.32. The Hall–Kier alpha value is -3.36. The fourth-order valence-electron chi connectivity index (χ4n) is 4.65. The zero-order chi connectivity index (χ0) is 26.8. The van der Waals surface area contributed by atoms with Crippen LogP contribution in [0.4, 0.5) is 17.1 Å². The van der Waals surface area contributed by atoms with Crippen molar-refractivity contribution in [2.75, 3.05) is 62.4 Å². The van der Waals surface area contributed by atoms with Crippen molar-refractivity contribution in [1.29, 1.82) is 0 Å². The van der Waals surface area contributed by atoms with Gasteiger partial charge in [0.05, 0.1) is 23.5 Å². The number of benzene rings is 3. The second-order valence-electron chi connectivity index (χ2n) is 9.60. The fraction of sp³-hybridized carbons (Fsp3) is 0.241. The number of hydrogen-bond acceptors (Lipinski definition) is 5. The second-order valence-corrected chi connectivity index (χ2v) is 10.5. The van der Waals surface area contributed by atoms with Crippen LogP contribution < -0.4 is 15.5 Å². The minimum absolute atomic E-state index is 0.0529. The van der Waals surface area contributed by atoms with E-state index < -0.39 is 0 Å². The molecule has 2 heterocycles. The quantitative estimate of drug-likeness (QED) is 0.417. The summed E-state index contributed by atoms with van der Waals surface area (Å²) in [5.41, 5.74) is 4.99. The van der Waals surface area contributed by atoms with Gasteiger partial charge >= 0.3 is 0 Å². The largest absolute Gasteiger partial charge is 0.354 e. The third-order valence-electron chi connectivity index (χ3n) is 6.96. The first kappa shape index (κ1) is 26.3. The summed E-state index contributed by atoms with van der Waals surface area (Å²) in [4.78, 5) is 32.1. The zero-order valence-electron chi connectivity index (χ0n) is 21.3. The van der Waals surface area contributed by atoms with Gasteiger partial charge in [0.15, 0.2) is 0 Å². The van der Waals surface area contributed by atoms with Gasteiger partial charge in [0.2, 0.25) is 5.91 Å². The van der Waals surface area contributed by atoms with E-state index in [1.807, 2.05) is 42.5 Å².